The van der Waals surface area contributed by atoms with E-state index in [1.807, 2.05) is 0 Å². The van der Waals surface area contributed by atoms with Gasteiger partial charge >= 0.3 is 6.18 Å². The molecule has 0 heterocycles. The van der Waals surface area contributed by atoms with Gasteiger partial charge in [-0.3, -0.25) is 4.79 Å². The number of carbonyl (C=O) groups excluding carboxylic acids is 1. The summed E-state index contributed by atoms with van der Waals surface area (Å²) in [7, 11) is 0. The Balaban J connectivity index is 2.39. The quantitative estimate of drug-likeness (QED) is 0.556. The molecule has 0 saturated heterocycles. The molecular formula is C17H9Cl2F3N2O. The highest BCUT2D eigenvalue weighted by Crippen LogP contribution is 2.33. The fourth-order valence-electron chi connectivity index (χ4n) is 1.98. The van der Waals surface area contributed by atoms with Crippen LogP contribution in [-0.4, -0.2) is 5.91 Å². The lowest BCUT2D eigenvalue weighted by Crippen LogP contribution is -2.14. The summed E-state index contributed by atoms with van der Waals surface area (Å²) in [5, 5.41) is 11.7. The minimum atomic E-state index is -4.61. The van der Waals surface area contributed by atoms with Gasteiger partial charge in [0.25, 0.3) is 5.91 Å². The summed E-state index contributed by atoms with van der Waals surface area (Å²) in [6.07, 6.45) is -3.75. The van der Waals surface area contributed by atoms with Gasteiger partial charge in [-0.15, -0.1) is 0 Å². The maximum atomic E-state index is 13.0. The average Bonchev–Trinajstić information content (AvgIpc) is 2.55. The highest BCUT2D eigenvalue weighted by molar-refractivity contribution is 6.40. The summed E-state index contributed by atoms with van der Waals surface area (Å²) in [5.41, 5.74) is -1.70. The van der Waals surface area contributed by atoms with Crippen molar-refractivity contribution in [2.75, 3.05) is 5.32 Å². The molecule has 8 heteroatoms. The van der Waals surface area contributed by atoms with Crippen LogP contribution in [0.2, 0.25) is 10.0 Å². The average molecular weight is 385 g/mol. The first-order chi connectivity index (χ1) is 11.7. The van der Waals surface area contributed by atoms with Crippen molar-refractivity contribution in [1.82, 2.24) is 0 Å². The van der Waals surface area contributed by atoms with Crippen molar-refractivity contribution in [2.24, 2.45) is 0 Å². The van der Waals surface area contributed by atoms with Gasteiger partial charge in [0, 0.05) is 0 Å². The SMILES string of the molecule is N#C/C(=C\c1ccccc1C(F)(F)F)C(=O)Nc1c(Cl)cccc1Cl. The van der Waals surface area contributed by atoms with E-state index in [0.717, 1.165) is 18.2 Å². The second-order valence-electron chi connectivity index (χ2n) is 4.81. The third-order valence-electron chi connectivity index (χ3n) is 3.13. The first-order valence-electron chi connectivity index (χ1n) is 6.77. The molecule has 1 amide bonds. The maximum Gasteiger partial charge on any atom is 0.416 e. The van der Waals surface area contributed by atoms with E-state index in [0.29, 0.717) is 0 Å². The predicted molar refractivity (Wildman–Crippen MR) is 90.1 cm³/mol. The molecule has 0 fully saturated rings. The molecule has 0 unspecified atom stereocenters. The van der Waals surface area contributed by atoms with Gasteiger partial charge in [-0.25, -0.2) is 0 Å². The fourth-order valence-corrected chi connectivity index (χ4v) is 2.48. The summed E-state index contributed by atoms with van der Waals surface area (Å²) in [5.74, 6) is -0.922. The molecule has 0 spiro atoms. The van der Waals surface area contributed by atoms with Crippen LogP contribution < -0.4 is 5.32 Å². The molecule has 128 valence electrons. The van der Waals surface area contributed by atoms with Crippen LogP contribution in [0.5, 0.6) is 0 Å². The first kappa shape index (κ1) is 18.8. The van der Waals surface area contributed by atoms with Gasteiger partial charge in [-0.2, -0.15) is 18.4 Å². The molecular weight excluding hydrogens is 376 g/mol. The third-order valence-corrected chi connectivity index (χ3v) is 3.76. The van der Waals surface area contributed by atoms with E-state index >= 15 is 0 Å². The van der Waals surface area contributed by atoms with E-state index in [4.69, 9.17) is 28.5 Å². The van der Waals surface area contributed by atoms with E-state index in [-0.39, 0.29) is 21.3 Å². The monoisotopic (exact) mass is 384 g/mol. The van der Waals surface area contributed by atoms with Crippen LogP contribution >= 0.6 is 23.2 Å². The number of anilines is 1. The van der Waals surface area contributed by atoms with E-state index < -0.39 is 23.2 Å². The van der Waals surface area contributed by atoms with E-state index in [1.54, 1.807) is 12.1 Å². The number of nitriles is 1. The van der Waals surface area contributed by atoms with Gasteiger partial charge in [0.05, 0.1) is 21.3 Å². The maximum absolute atomic E-state index is 13.0. The summed E-state index contributed by atoms with van der Waals surface area (Å²) >= 11 is 11.8. The van der Waals surface area contributed by atoms with Crippen molar-refractivity contribution in [3.8, 4) is 6.07 Å². The lowest BCUT2D eigenvalue weighted by atomic mass is 10.0. The Labute approximate surface area is 151 Å². The van der Waals surface area contributed by atoms with Crippen LogP contribution in [0.4, 0.5) is 18.9 Å². The minimum absolute atomic E-state index is 0.0705. The number of nitrogens with zero attached hydrogens (tertiary/aromatic N) is 1. The van der Waals surface area contributed by atoms with E-state index in [2.05, 4.69) is 5.32 Å². The lowest BCUT2D eigenvalue weighted by molar-refractivity contribution is -0.137. The highest BCUT2D eigenvalue weighted by atomic mass is 35.5. The Bertz CT molecular complexity index is 866. The Hall–Kier alpha value is -2.49. The smallest absolute Gasteiger partial charge is 0.319 e. The summed E-state index contributed by atoms with van der Waals surface area (Å²) in [6, 6.07) is 10.7. The standard InChI is InChI=1S/C17H9Cl2F3N2O/c18-13-6-3-7-14(19)15(13)24-16(25)11(9-23)8-10-4-1-2-5-12(10)17(20,21)22/h1-8H,(H,24,25)/b11-8+. The van der Waals surface area contributed by atoms with Crippen LogP contribution in [0.1, 0.15) is 11.1 Å². The van der Waals surface area contributed by atoms with E-state index in [1.165, 1.54) is 24.3 Å². The van der Waals surface area contributed by atoms with Crippen molar-refractivity contribution < 1.29 is 18.0 Å². The van der Waals surface area contributed by atoms with Crippen LogP contribution in [0.15, 0.2) is 48.0 Å². The number of rotatable bonds is 3. The molecule has 0 aliphatic rings. The summed E-state index contributed by atoms with van der Waals surface area (Å²) in [4.78, 5) is 12.2. The molecule has 0 aliphatic carbocycles. The lowest BCUT2D eigenvalue weighted by Gasteiger charge is -2.11. The Morgan fingerprint density at radius 3 is 2.24 bits per heavy atom. The summed E-state index contributed by atoms with van der Waals surface area (Å²) in [6.45, 7) is 0. The van der Waals surface area contributed by atoms with Crippen LogP contribution in [0.25, 0.3) is 6.08 Å². The van der Waals surface area contributed by atoms with Gasteiger partial charge < -0.3 is 5.32 Å². The molecule has 0 atom stereocenters. The van der Waals surface area contributed by atoms with Gasteiger partial charge in [0.15, 0.2) is 0 Å². The van der Waals surface area contributed by atoms with Crippen LogP contribution in [0, 0.1) is 11.3 Å². The number of benzene rings is 2. The highest BCUT2D eigenvalue weighted by Gasteiger charge is 2.32. The number of amides is 1. The predicted octanol–water partition coefficient (Wildman–Crippen LogP) is 5.56. The number of hydrogen-bond donors (Lipinski definition) is 1. The Kier molecular flexibility index (Phi) is 5.73. The zero-order valence-electron chi connectivity index (χ0n) is 12.4. The van der Waals surface area contributed by atoms with Crippen molar-refractivity contribution in [3.63, 3.8) is 0 Å². The first-order valence-corrected chi connectivity index (χ1v) is 7.53. The molecule has 25 heavy (non-hydrogen) atoms. The fraction of sp³-hybridized carbons (Fsp3) is 0.0588. The van der Waals surface area contributed by atoms with Gasteiger partial charge in [-0.05, 0) is 29.8 Å². The molecule has 1 N–H and O–H groups in total. The van der Waals surface area contributed by atoms with Crippen LogP contribution in [-0.2, 0) is 11.0 Å². The minimum Gasteiger partial charge on any atom is -0.319 e. The Morgan fingerprint density at radius 1 is 1.08 bits per heavy atom. The number of carbonyl (C=O) groups is 1. The van der Waals surface area contributed by atoms with Gasteiger partial charge in [0.2, 0.25) is 0 Å². The van der Waals surface area contributed by atoms with E-state index in [9.17, 15) is 18.0 Å². The number of halogens is 5. The molecule has 0 aromatic heterocycles. The largest absolute Gasteiger partial charge is 0.416 e. The number of para-hydroxylation sites is 1. The third kappa shape index (κ3) is 4.53. The number of hydrogen-bond acceptors (Lipinski definition) is 2. The topological polar surface area (TPSA) is 52.9 Å². The normalized spacial score (nSPS) is 11.8. The molecule has 2 aromatic rings. The van der Waals surface area contributed by atoms with Gasteiger partial charge in [0.1, 0.15) is 11.6 Å². The molecule has 3 nitrogen and oxygen atoms in total. The molecule has 0 saturated carbocycles. The van der Waals surface area contributed by atoms with Crippen molar-refractivity contribution in [2.45, 2.75) is 6.18 Å². The molecule has 0 aliphatic heterocycles. The number of alkyl halides is 3. The van der Waals surface area contributed by atoms with Gasteiger partial charge in [-0.1, -0.05) is 47.5 Å². The molecule has 2 aromatic carbocycles. The summed E-state index contributed by atoms with van der Waals surface area (Å²) < 4.78 is 39.0. The second kappa shape index (κ2) is 7.60. The molecule has 2 rings (SSSR count). The Morgan fingerprint density at radius 2 is 1.68 bits per heavy atom. The second-order valence-corrected chi connectivity index (χ2v) is 5.62. The number of nitrogens with one attached hydrogen (secondary N) is 1. The zero-order chi connectivity index (χ0) is 18.6. The van der Waals surface area contributed by atoms with Crippen molar-refractivity contribution in [1.29, 1.82) is 5.26 Å². The van der Waals surface area contributed by atoms with Crippen molar-refractivity contribution in [3.05, 3.63) is 69.2 Å². The molecule has 0 radical (unpaired) electrons. The molecule has 0 bridgehead atoms. The van der Waals surface area contributed by atoms with Crippen molar-refractivity contribution >= 4 is 40.9 Å². The zero-order valence-corrected chi connectivity index (χ0v) is 13.9. The van der Waals surface area contributed by atoms with Crippen LogP contribution in [0.3, 0.4) is 0 Å².